The van der Waals surface area contributed by atoms with Gasteiger partial charge < -0.3 is 15.6 Å². The number of hydrogen-bond donors (Lipinski definition) is 2. The number of urea groups is 1. The lowest BCUT2D eigenvalue weighted by atomic mass is 9.81. The normalized spacial score (nSPS) is 17.9. The summed E-state index contributed by atoms with van der Waals surface area (Å²) in [5.41, 5.74) is 8.62. The zero-order chi connectivity index (χ0) is 26.0. The molecule has 10 heteroatoms. The predicted molar refractivity (Wildman–Crippen MR) is 136 cm³/mol. The van der Waals surface area contributed by atoms with E-state index in [2.05, 4.69) is 15.3 Å². The number of nitrogens with one attached hydrogen (secondary N) is 1. The summed E-state index contributed by atoms with van der Waals surface area (Å²) in [5, 5.41) is 2.94. The number of rotatable bonds is 7. The van der Waals surface area contributed by atoms with Crippen molar-refractivity contribution in [1.29, 1.82) is 0 Å². The number of carbonyl (C=O) groups excluding carboxylic acids is 3. The van der Waals surface area contributed by atoms with Gasteiger partial charge in [0.2, 0.25) is 11.9 Å². The molecule has 0 saturated carbocycles. The number of carbonyl (C=O) groups is 3. The number of β-lactam (4-membered cyclic amide) rings is 1. The molecule has 3 atom stereocenters. The van der Waals surface area contributed by atoms with Crippen molar-refractivity contribution in [3.63, 3.8) is 0 Å². The first-order valence-corrected chi connectivity index (χ1v) is 11.9. The van der Waals surface area contributed by atoms with Crippen molar-refractivity contribution < 1.29 is 14.4 Å². The standard InChI is InChI=1S/C26H31N7O3/c1-5-20(18-8-6-16(2)7-9-18)30-26(36)33-22(24(35)32(4)25-29-12-13-31(25)3)19(23(33)34)14-17-10-11-28-21(27)15-17/h6-13,15,19-20,22H,5,14H2,1-4H3,(H2,27,28)(H,30,36)/t19-,20-,22+/m1/s1. The molecule has 0 unspecified atom stereocenters. The highest BCUT2D eigenvalue weighted by atomic mass is 16.2. The van der Waals surface area contributed by atoms with E-state index in [1.54, 1.807) is 49.4 Å². The van der Waals surface area contributed by atoms with Crippen LogP contribution in [0.25, 0.3) is 0 Å². The van der Waals surface area contributed by atoms with Crippen LogP contribution in [0.3, 0.4) is 0 Å². The molecule has 0 aliphatic carbocycles. The topological polar surface area (TPSA) is 126 Å². The van der Waals surface area contributed by atoms with E-state index in [0.717, 1.165) is 21.6 Å². The summed E-state index contributed by atoms with van der Waals surface area (Å²) in [6.07, 6.45) is 5.75. The van der Waals surface area contributed by atoms with E-state index >= 15 is 0 Å². The van der Waals surface area contributed by atoms with E-state index < -0.39 is 29.8 Å². The van der Waals surface area contributed by atoms with Gasteiger partial charge in [-0.05, 0) is 43.0 Å². The summed E-state index contributed by atoms with van der Waals surface area (Å²) in [6.45, 7) is 3.95. The summed E-state index contributed by atoms with van der Waals surface area (Å²) < 4.78 is 1.70. The van der Waals surface area contributed by atoms with Gasteiger partial charge in [0.1, 0.15) is 11.9 Å². The number of hydrogen-bond acceptors (Lipinski definition) is 6. The van der Waals surface area contributed by atoms with Crippen LogP contribution in [0.1, 0.15) is 36.1 Å². The lowest BCUT2D eigenvalue weighted by molar-refractivity contribution is -0.156. The molecule has 36 heavy (non-hydrogen) atoms. The van der Waals surface area contributed by atoms with E-state index in [9.17, 15) is 14.4 Å². The molecular weight excluding hydrogens is 458 g/mol. The van der Waals surface area contributed by atoms with Crippen molar-refractivity contribution in [2.75, 3.05) is 17.7 Å². The van der Waals surface area contributed by atoms with Gasteiger partial charge in [-0.15, -0.1) is 0 Å². The van der Waals surface area contributed by atoms with E-state index in [1.807, 2.05) is 38.1 Å². The maximum absolute atomic E-state index is 13.6. The summed E-state index contributed by atoms with van der Waals surface area (Å²) in [4.78, 5) is 50.9. The second-order valence-corrected chi connectivity index (χ2v) is 9.11. The quantitative estimate of drug-likeness (QED) is 0.491. The third kappa shape index (κ3) is 4.79. The number of nitrogen functional groups attached to an aromatic ring is 1. The fourth-order valence-corrected chi connectivity index (χ4v) is 4.55. The Morgan fingerprint density at radius 1 is 1.17 bits per heavy atom. The number of anilines is 2. The summed E-state index contributed by atoms with van der Waals surface area (Å²) in [6, 6.07) is 9.41. The highest BCUT2D eigenvalue weighted by molar-refractivity contribution is 6.12. The zero-order valence-electron chi connectivity index (χ0n) is 20.9. The number of likely N-dealkylation sites (N-methyl/N-ethyl adjacent to an activating group) is 1. The third-order valence-corrected chi connectivity index (χ3v) is 6.60. The Labute approximate surface area is 210 Å². The molecule has 10 nitrogen and oxygen atoms in total. The van der Waals surface area contributed by atoms with Gasteiger partial charge in [-0.3, -0.25) is 19.4 Å². The first-order valence-electron chi connectivity index (χ1n) is 11.9. The number of benzene rings is 1. The van der Waals surface area contributed by atoms with Gasteiger partial charge in [-0.1, -0.05) is 36.8 Å². The molecule has 0 bridgehead atoms. The molecule has 2 aromatic heterocycles. The summed E-state index contributed by atoms with van der Waals surface area (Å²) >= 11 is 0. The maximum Gasteiger partial charge on any atom is 0.325 e. The Balaban J connectivity index is 1.60. The van der Waals surface area contributed by atoms with Gasteiger partial charge in [0.25, 0.3) is 5.91 Å². The predicted octanol–water partition coefficient (Wildman–Crippen LogP) is 2.60. The number of amides is 4. The number of aromatic nitrogens is 3. The Kier molecular flexibility index (Phi) is 7.05. The lowest BCUT2D eigenvalue weighted by Crippen LogP contribution is -2.70. The lowest BCUT2D eigenvalue weighted by Gasteiger charge is -2.45. The summed E-state index contributed by atoms with van der Waals surface area (Å²) in [7, 11) is 3.36. The van der Waals surface area contributed by atoms with E-state index in [1.165, 1.54) is 4.90 Å². The number of imide groups is 1. The second kappa shape index (κ2) is 10.2. The number of imidazole rings is 1. The molecule has 1 aliphatic rings. The van der Waals surface area contributed by atoms with Gasteiger partial charge in [0.05, 0.1) is 12.0 Å². The average Bonchev–Trinajstić information content (AvgIpc) is 3.29. The van der Waals surface area contributed by atoms with Crippen LogP contribution < -0.4 is 16.0 Å². The maximum atomic E-state index is 13.6. The monoisotopic (exact) mass is 489 g/mol. The Hall–Kier alpha value is -4.21. The van der Waals surface area contributed by atoms with Gasteiger partial charge >= 0.3 is 6.03 Å². The molecule has 188 valence electrons. The first-order chi connectivity index (χ1) is 17.2. The van der Waals surface area contributed by atoms with Gasteiger partial charge in [-0.25, -0.2) is 14.8 Å². The van der Waals surface area contributed by atoms with Crippen LogP contribution in [0, 0.1) is 12.8 Å². The molecule has 3 N–H and O–H groups in total. The van der Waals surface area contributed by atoms with Crippen LogP contribution in [0.15, 0.2) is 55.0 Å². The minimum Gasteiger partial charge on any atom is -0.384 e. The van der Waals surface area contributed by atoms with Crippen molar-refractivity contribution >= 4 is 29.6 Å². The Morgan fingerprint density at radius 3 is 2.50 bits per heavy atom. The van der Waals surface area contributed by atoms with Gasteiger partial charge in [0.15, 0.2) is 0 Å². The van der Waals surface area contributed by atoms with Crippen molar-refractivity contribution in [3.8, 4) is 0 Å². The van der Waals surface area contributed by atoms with Crippen molar-refractivity contribution in [1.82, 2.24) is 24.8 Å². The molecule has 1 aromatic carbocycles. The van der Waals surface area contributed by atoms with Crippen LogP contribution in [0.5, 0.6) is 0 Å². The van der Waals surface area contributed by atoms with Crippen molar-refractivity contribution in [2.45, 2.75) is 38.8 Å². The van der Waals surface area contributed by atoms with Crippen molar-refractivity contribution in [3.05, 3.63) is 71.7 Å². The fraction of sp³-hybridized carbons (Fsp3) is 0.346. The van der Waals surface area contributed by atoms with Crippen LogP contribution >= 0.6 is 0 Å². The number of likely N-dealkylation sites (tertiary alicyclic amines) is 1. The number of nitrogens with zero attached hydrogens (tertiary/aromatic N) is 5. The van der Waals surface area contributed by atoms with E-state index in [4.69, 9.17) is 5.73 Å². The Bertz CT molecular complexity index is 1270. The molecule has 3 aromatic rings. The molecule has 0 spiro atoms. The van der Waals surface area contributed by atoms with Gasteiger partial charge in [0, 0.05) is 32.7 Å². The molecule has 4 amide bonds. The largest absolute Gasteiger partial charge is 0.384 e. The third-order valence-electron chi connectivity index (χ3n) is 6.60. The molecule has 1 aliphatic heterocycles. The average molecular weight is 490 g/mol. The van der Waals surface area contributed by atoms with Crippen molar-refractivity contribution in [2.24, 2.45) is 13.0 Å². The Morgan fingerprint density at radius 2 is 1.89 bits per heavy atom. The molecular formula is C26H31N7O3. The van der Waals surface area contributed by atoms with Crippen LogP contribution in [-0.2, 0) is 23.1 Å². The molecule has 4 rings (SSSR count). The highest BCUT2D eigenvalue weighted by Gasteiger charge is 2.55. The second-order valence-electron chi connectivity index (χ2n) is 9.11. The van der Waals surface area contributed by atoms with Gasteiger partial charge in [-0.2, -0.15) is 0 Å². The van der Waals surface area contributed by atoms with Crippen LogP contribution in [0.2, 0.25) is 0 Å². The van der Waals surface area contributed by atoms with E-state index in [0.29, 0.717) is 18.2 Å². The number of nitrogens with two attached hydrogens (primary N) is 1. The zero-order valence-corrected chi connectivity index (χ0v) is 20.9. The fourth-order valence-electron chi connectivity index (χ4n) is 4.55. The minimum atomic E-state index is -0.982. The van der Waals surface area contributed by atoms with Crippen LogP contribution in [-0.4, -0.2) is 50.4 Å². The summed E-state index contributed by atoms with van der Waals surface area (Å²) in [5.74, 6) is -0.779. The first kappa shape index (κ1) is 24.9. The SMILES string of the molecule is CC[C@@H](NC(=O)N1C(=O)[C@H](Cc2ccnc(N)c2)[C@H]1C(=O)N(C)c1nccn1C)c1ccc(C)cc1. The minimum absolute atomic E-state index is 0.259. The number of aryl methyl sites for hydroxylation is 2. The smallest absolute Gasteiger partial charge is 0.325 e. The highest BCUT2D eigenvalue weighted by Crippen LogP contribution is 2.33. The number of pyridine rings is 1. The molecule has 1 fully saturated rings. The molecule has 3 heterocycles. The molecule has 0 radical (unpaired) electrons. The van der Waals surface area contributed by atoms with Crippen LogP contribution in [0.4, 0.5) is 16.6 Å². The van der Waals surface area contributed by atoms with E-state index in [-0.39, 0.29) is 12.5 Å². The molecule has 1 saturated heterocycles.